The fraction of sp³-hybridized carbons (Fsp3) is 0.600. The Kier molecular flexibility index (Phi) is 9.04. The van der Waals surface area contributed by atoms with Crippen molar-refractivity contribution in [3.63, 3.8) is 0 Å². The number of hydrogen-bond acceptors (Lipinski definition) is 3. The van der Waals surface area contributed by atoms with E-state index in [1.807, 2.05) is 0 Å². The van der Waals surface area contributed by atoms with Gasteiger partial charge < -0.3 is 29.3 Å². The Morgan fingerprint density at radius 2 is 1.40 bits per heavy atom. The maximum Gasteiger partial charge on any atom is 1.00 e. The quantitative estimate of drug-likeness (QED) is 0.467. The first-order valence-electron chi connectivity index (χ1n) is 3.70. The van der Waals surface area contributed by atoms with Crippen molar-refractivity contribution in [1.29, 1.82) is 0 Å². The Bertz CT molecular complexity index is 222. The van der Waals surface area contributed by atoms with E-state index in [9.17, 15) is 22.5 Å². The van der Waals surface area contributed by atoms with Gasteiger partial charge >= 0.3 is 58.4 Å². The number of carbonyl (C=O) groups excluding carboxylic acids is 2. The van der Waals surface area contributed by atoms with Gasteiger partial charge in [0.2, 0.25) is 11.8 Å². The van der Waals surface area contributed by atoms with Crippen LogP contribution in [0.25, 0.3) is 0 Å². The standard InChI is InChI=1S/C5H10BF3N3O2.K/c7-6(8,9)3-12(1-4(10)13)2-5(11)14;/h1-3H2,(H2,10,13)(H2,11,14);/q-1;+1. The molecule has 0 heterocycles. The molecule has 0 fully saturated rings. The van der Waals surface area contributed by atoms with Crippen LogP contribution in [0.3, 0.4) is 0 Å². The van der Waals surface area contributed by atoms with Crippen molar-refractivity contribution in [2.75, 3.05) is 19.5 Å². The molecular formula is C5H10BF3KN3O2. The van der Waals surface area contributed by atoms with E-state index in [4.69, 9.17) is 11.5 Å². The Morgan fingerprint density at radius 3 is 1.60 bits per heavy atom. The summed E-state index contributed by atoms with van der Waals surface area (Å²) in [5, 5.41) is 0. The van der Waals surface area contributed by atoms with Crippen LogP contribution in [0.5, 0.6) is 0 Å². The molecule has 0 spiro atoms. The van der Waals surface area contributed by atoms with Crippen LogP contribution >= 0.6 is 0 Å². The van der Waals surface area contributed by atoms with Crippen LogP contribution in [-0.4, -0.2) is 43.2 Å². The summed E-state index contributed by atoms with van der Waals surface area (Å²) in [4.78, 5) is 21.3. The third-order valence-corrected chi connectivity index (χ3v) is 1.22. The normalized spacial score (nSPS) is 10.9. The molecule has 0 aliphatic rings. The number of halogens is 3. The van der Waals surface area contributed by atoms with Gasteiger partial charge in [-0.05, 0) is 6.44 Å². The number of nitrogens with two attached hydrogens (primary N) is 2. The van der Waals surface area contributed by atoms with Crippen molar-refractivity contribution < 1.29 is 73.9 Å². The number of hydrogen-bond donors (Lipinski definition) is 2. The first-order chi connectivity index (χ1) is 6.20. The minimum atomic E-state index is -5.10. The largest absolute Gasteiger partial charge is 1.00 e. The van der Waals surface area contributed by atoms with Gasteiger partial charge in [-0.2, -0.15) is 0 Å². The van der Waals surface area contributed by atoms with Crippen molar-refractivity contribution >= 4 is 18.8 Å². The third-order valence-electron chi connectivity index (χ3n) is 1.22. The molecule has 0 saturated carbocycles. The van der Waals surface area contributed by atoms with Crippen LogP contribution in [0, 0.1) is 0 Å². The molecule has 0 radical (unpaired) electrons. The zero-order chi connectivity index (χ0) is 11.4. The minimum Gasteiger partial charge on any atom is -0.448 e. The van der Waals surface area contributed by atoms with Crippen molar-refractivity contribution in [2.45, 2.75) is 0 Å². The zero-order valence-corrected chi connectivity index (χ0v) is 11.4. The fourth-order valence-corrected chi connectivity index (χ4v) is 0.919. The number of primary amides is 2. The number of carbonyl (C=O) groups is 2. The topological polar surface area (TPSA) is 89.4 Å². The summed E-state index contributed by atoms with van der Waals surface area (Å²) >= 11 is 0. The second kappa shape index (κ2) is 7.63. The van der Waals surface area contributed by atoms with Gasteiger partial charge in [0.1, 0.15) is 0 Å². The van der Waals surface area contributed by atoms with Crippen LogP contribution in [0.1, 0.15) is 0 Å². The number of nitrogens with zero attached hydrogens (tertiary/aromatic N) is 1. The van der Waals surface area contributed by atoms with Crippen molar-refractivity contribution in [1.82, 2.24) is 4.90 Å². The summed E-state index contributed by atoms with van der Waals surface area (Å²) in [5.41, 5.74) is 9.39. The summed E-state index contributed by atoms with van der Waals surface area (Å²) in [5.74, 6) is -1.88. The van der Waals surface area contributed by atoms with E-state index in [-0.39, 0.29) is 51.4 Å². The molecule has 0 aliphatic carbocycles. The molecular weight excluding hydrogens is 241 g/mol. The van der Waals surface area contributed by atoms with Crippen molar-refractivity contribution in [3.05, 3.63) is 0 Å². The average Bonchev–Trinajstić information content (AvgIpc) is 1.77. The predicted molar refractivity (Wildman–Crippen MR) is 43.9 cm³/mol. The summed E-state index contributed by atoms with van der Waals surface area (Å²) in [6, 6.07) is 0. The second-order valence-corrected chi connectivity index (χ2v) is 2.81. The SMILES string of the molecule is NC(=O)CN(CC(N)=O)C[B-](F)(F)F.[K+]. The zero-order valence-electron chi connectivity index (χ0n) is 8.25. The predicted octanol–water partition coefficient (Wildman–Crippen LogP) is -4.35. The minimum absolute atomic E-state index is 0. The Morgan fingerprint density at radius 1 is 1.07 bits per heavy atom. The van der Waals surface area contributed by atoms with Gasteiger partial charge in [-0.3, -0.25) is 9.59 Å². The van der Waals surface area contributed by atoms with E-state index in [1.54, 1.807) is 0 Å². The average molecular weight is 251 g/mol. The third kappa shape index (κ3) is 12.3. The summed E-state index contributed by atoms with van der Waals surface area (Å²) in [7, 11) is 0. The van der Waals surface area contributed by atoms with E-state index in [0.29, 0.717) is 4.90 Å². The fourth-order valence-electron chi connectivity index (χ4n) is 0.919. The molecule has 0 atom stereocenters. The van der Waals surface area contributed by atoms with Gasteiger partial charge in [0.05, 0.1) is 13.1 Å². The smallest absolute Gasteiger partial charge is 0.448 e. The number of rotatable bonds is 6. The molecule has 0 aromatic rings. The van der Waals surface area contributed by atoms with E-state index < -0.39 is 38.3 Å². The second-order valence-electron chi connectivity index (χ2n) is 2.81. The maximum atomic E-state index is 11.9. The maximum absolute atomic E-state index is 11.9. The molecule has 82 valence electrons. The van der Waals surface area contributed by atoms with Crippen LogP contribution in [0.15, 0.2) is 0 Å². The molecule has 15 heavy (non-hydrogen) atoms. The van der Waals surface area contributed by atoms with Gasteiger partial charge in [-0.15, -0.1) is 0 Å². The van der Waals surface area contributed by atoms with E-state index in [2.05, 4.69) is 0 Å². The van der Waals surface area contributed by atoms with Gasteiger partial charge in [0, 0.05) is 0 Å². The van der Waals surface area contributed by atoms with Crippen LogP contribution in [-0.2, 0) is 9.59 Å². The summed E-state index contributed by atoms with van der Waals surface area (Å²) < 4.78 is 35.8. The van der Waals surface area contributed by atoms with Crippen molar-refractivity contribution in [3.8, 4) is 0 Å². The molecule has 0 rings (SSSR count). The van der Waals surface area contributed by atoms with Gasteiger partial charge in [-0.25, -0.2) is 0 Å². The Hall–Kier alpha value is 0.391. The van der Waals surface area contributed by atoms with Crippen LogP contribution in [0.4, 0.5) is 12.9 Å². The molecule has 10 heteroatoms. The van der Waals surface area contributed by atoms with E-state index in [0.717, 1.165) is 0 Å². The van der Waals surface area contributed by atoms with Gasteiger partial charge in [0.25, 0.3) is 0 Å². The van der Waals surface area contributed by atoms with Gasteiger partial charge in [-0.1, -0.05) is 0 Å². The first-order valence-corrected chi connectivity index (χ1v) is 3.70. The van der Waals surface area contributed by atoms with Gasteiger partial charge in [0.15, 0.2) is 0 Å². The Balaban J connectivity index is 0. The first kappa shape index (κ1) is 17.8. The molecule has 0 aromatic heterocycles. The molecule has 2 amide bonds. The molecule has 4 N–H and O–H groups in total. The molecule has 0 unspecified atom stereocenters. The molecule has 5 nitrogen and oxygen atoms in total. The molecule has 0 aliphatic heterocycles. The van der Waals surface area contributed by atoms with Crippen LogP contribution in [0.2, 0.25) is 0 Å². The molecule has 0 bridgehead atoms. The van der Waals surface area contributed by atoms with Crippen LogP contribution < -0.4 is 62.9 Å². The summed E-state index contributed by atoms with van der Waals surface area (Å²) in [6.07, 6.45) is -1.33. The van der Waals surface area contributed by atoms with E-state index >= 15 is 0 Å². The Labute approximate surface area is 127 Å². The number of amides is 2. The molecule has 0 saturated heterocycles. The summed E-state index contributed by atoms with van der Waals surface area (Å²) in [6.45, 7) is -6.37. The van der Waals surface area contributed by atoms with E-state index in [1.165, 1.54) is 0 Å². The molecule has 0 aromatic carbocycles. The monoisotopic (exact) mass is 251 g/mol. The van der Waals surface area contributed by atoms with Crippen molar-refractivity contribution in [2.24, 2.45) is 11.5 Å².